The molecule has 3 heterocycles. The Morgan fingerprint density at radius 2 is 2.04 bits per heavy atom. The smallest absolute Gasteiger partial charge is 0.257 e. The molecule has 1 aliphatic rings. The predicted octanol–water partition coefficient (Wildman–Crippen LogP) is 2.81. The average molecular weight is 362 g/mol. The third-order valence-electron chi connectivity index (χ3n) is 4.67. The van der Waals surface area contributed by atoms with Crippen molar-refractivity contribution in [3.63, 3.8) is 0 Å². The van der Waals surface area contributed by atoms with Crippen molar-refractivity contribution >= 4 is 17.2 Å². The number of carbonyl (C=O) groups excluding carboxylic acids is 1. The van der Waals surface area contributed by atoms with Gasteiger partial charge < -0.3 is 19.1 Å². The van der Waals surface area contributed by atoms with Crippen molar-refractivity contribution in [2.45, 2.75) is 13.8 Å². The number of aryl methyl sites for hydroxylation is 1. The molecule has 136 valence electrons. The molecule has 0 bridgehead atoms. The molecule has 6 heteroatoms. The third kappa shape index (κ3) is 3.97. The Balaban J connectivity index is 1.89. The summed E-state index contributed by atoms with van der Waals surface area (Å²) in [4.78, 5) is 18.7. The maximum absolute atomic E-state index is 13.4. The molecule has 5 nitrogen and oxygen atoms in total. The van der Waals surface area contributed by atoms with Crippen LogP contribution in [0.15, 0.2) is 24.5 Å². The van der Waals surface area contributed by atoms with Crippen LogP contribution in [0.5, 0.6) is 0 Å². The van der Waals surface area contributed by atoms with E-state index in [1.54, 1.807) is 11.3 Å². The van der Waals surface area contributed by atoms with E-state index in [0.29, 0.717) is 25.7 Å². The lowest BCUT2D eigenvalue weighted by Crippen LogP contribution is -2.39. The number of carbonyl (C=O) groups is 1. The Kier molecular flexibility index (Phi) is 5.61. The second-order valence-electron chi connectivity index (χ2n) is 7.01. The molecule has 2 aromatic rings. The zero-order chi connectivity index (χ0) is 18.0. The van der Waals surface area contributed by atoms with Gasteiger partial charge in [-0.3, -0.25) is 4.79 Å². The highest BCUT2D eigenvalue weighted by atomic mass is 32.1. The topological polar surface area (TPSA) is 37.7 Å². The first-order chi connectivity index (χ1) is 12.0. The van der Waals surface area contributed by atoms with E-state index >= 15 is 0 Å². The summed E-state index contributed by atoms with van der Waals surface area (Å²) in [6.45, 7) is 7.79. The molecule has 0 radical (unpaired) electrons. The summed E-state index contributed by atoms with van der Waals surface area (Å²) in [7, 11) is 4.13. The van der Waals surface area contributed by atoms with E-state index in [0.717, 1.165) is 29.2 Å². The summed E-state index contributed by atoms with van der Waals surface area (Å²) < 4.78 is 7.78. The lowest BCUT2D eigenvalue weighted by molar-refractivity contribution is 0.0735. The zero-order valence-electron chi connectivity index (χ0n) is 15.5. The van der Waals surface area contributed by atoms with E-state index < -0.39 is 0 Å². The predicted molar refractivity (Wildman–Crippen MR) is 102 cm³/mol. The quantitative estimate of drug-likeness (QED) is 0.840. The number of ether oxygens (including phenoxy) is 1. The Labute approximate surface area is 153 Å². The second-order valence-corrected chi connectivity index (χ2v) is 8.21. The van der Waals surface area contributed by atoms with Crippen molar-refractivity contribution in [2.75, 3.05) is 46.9 Å². The molecular weight excluding hydrogens is 334 g/mol. The lowest BCUT2D eigenvalue weighted by atomic mass is 10.1. The van der Waals surface area contributed by atoms with Gasteiger partial charge in [-0.15, -0.1) is 11.3 Å². The van der Waals surface area contributed by atoms with Gasteiger partial charge in [0.2, 0.25) is 0 Å². The number of aromatic nitrogens is 1. The molecule has 0 spiro atoms. The Morgan fingerprint density at radius 1 is 1.32 bits per heavy atom. The highest BCUT2D eigenvalue weighted by molar-refractivity contribution is 7.15. The average Bonchev–Trinajstić information content (AvgIpc) is 3.11. The van der Waals surface area contributed by atoms with Gasteiger partial charge in [-0.05, 0) is 45.6 Å². The molecule has 2 aromatic heterocycles. The highest BCUT2D eigenvalue weighted by Crippen LogP contribution is 2.32. The summed E-state index contributed by atoms with van der Waals surface area (Å²) >= 11 is 1.68. The fourth-order valence-electron chi connectivity index (χ4n) is 3.36. The number of hydrogen-bond acceptors (Lipinski definition) is 4. The number of amides is 1. The van der Waals surface area contributed by atoms with E-state index in [1.807, 2.05) is 34.0 Å². The van der Waals surface area contributed by atoms with E-state index in [4.69, 9.17) is 4.74 Å². The lowest BCUT2D eigenvalue weighted by Gasteiger charge is -2.26. The maximum Gasteiger partial charge on any atom is 0.257 e. The number of rotatable bonds is 4. The first kappa shape index (κ1) is 18.2. The van der Waals surface area contributed by atoms with Gasteiger partial charge in [0.05, 0.1) is 18.8 Å². The first-order valence-corrected chi connectivity index (χ1v) is 9.54. The normalized spacial score (nSPS) is 18.6. The minimum Gasteiger partial charge on any atom is -0.379 e. The molecule has 1 saturated heterocycles. The molecule has 0 saturated carbocycles. The summed E-state index contributed by atoms with van der Waals surface area (Å²) in [5.41, 5.74) is 1.93. The van der Waals surface area contributed by atoms with Crippen molar-refractivity contribution in [3.8, 4) is 5.00 Å². The first-order valence-electron chi connectivity index (χ1n) is 8.72. The van der Waals surface area contributed by atoms with Crippen molar-refractivity contribution < 1.29 is 9.53 Å². The van der Waals surface area contributed by atoms with Gasteiger partial charge in [0.25, 0.3) is 5.91 Å². The van der Waals surface area contributed by atoms with Crippen LogP contribution in [-0.4, -0.2) is 67.2 Å². The van der Waals surface area contributed by atoms with Gasteiger partial charge in [-0.25, -0.2) is 0 Å². The van der Waals surface area contributed by atoms with E-state index in [1.165, 1.54) is 4.88 Å². The van der Waals surface area contributed by atoms with Crippen molar-refractivity contribution in [1.29, 1.82) is 0 Å². The van der Waals surface area contributed by atoms with Crippen LogP contribution in [-0.2, 0) is 4.74 Å². The molecule has 1 unspecified atom stereocenters. The maximum atomic E-state index is 13.4. The monoisotopic (exact) mass is 361 g/mol. The van der Waals surface area contributed by atoms with Gasteiger partial charge in [0.15, 0.2) is 0 Å². The fraction of sp³-hybridized carbons (Fsp3) is 0.526. The second kappa shape index (κ2) is 7.72. The number of nitrogens with zero attached hydrogens (tertiary/aromatic N) is 3. The number of hydrogen-bond donors (Lipinski definition) is 0. The van der Waals surface area contributed by atoms with E-state index in [2.05, 4.69) is 32.8 Å². The Morgan fingerprint density at radius 3 is 2.72 bits per heavy atom. The molecule has 1 atom stereocenters. The molecule has 1 aliphatic heterocycles. The zero-order valence-corrected chi connectivity index (χ0v) is 16.3. The van der Waals surface area contributed by atoms with Crippen LogP contribution in [0.25, 0.3) is 5.00 Å². The Bertz CT molecular complexity index is 721. The summed E-state index contributed by atoms with van der Waals surface area (Å²) in [6, 6.07) is 3.98. The SMILES string of the molecule is Cc1sc(-n2cccc2)c(C(=O)N2CCOCC(CN(C)C)C2)c1C. The van der Waals surface area contributed by atoms with E-state index in [-0.39, 0.29) is 5.91 Å². The minimum absolute atomic E-state index is 0.125. The van der Waals surface area contributed by atoms with Gasteiger partial charge in [0.1, 0.15) is 5.00 Å². The minimum atomic E-state index is 0.125. The van der Waals surface area contributed by atoms with Crippen LogP contribution in [0, 0.1) is 19.8 Å². The van der Waals surface area contributed by atoms with Crippen LogP contribution < -0.4 is 0 Å². The highest BCUT2D eigenvalue weighted by Gasteiger charge is 2.28. The van der Waals surface area contributed by atoms with Gasteiger partial charge in [-0.2, -0.15) is 0 Å². The summed E-state index contributed by atoms with van der Waals surface area (Å²) in [5.74, 6) is 0.469. The molecule has 0 aromatic carbocycles. The van der Waals surface area contributed by atoms with Crippen molar-refractivity contribution in [1.82, 2.24) is 14.4 Å². The van der Waals surface area contributed by atoms with Crippen molar-refractivity contribution in [3.05, 3.63) is 40.5 Å². The molecule has 1 fully saturated rings. The molecule has 25 heavy (non-hydrogen) atoms. The van der Waals surface area contributed by atoms with E-state index in [9.17, 15) is 4.79 Å². The van der Waals surface area contributed by atoms with Crippen LogP contribution in [0.2, 0.25) is 0 Å². The Hall–Kier alpha value is -1.63. The molecule has 3 rings (SSSR count). The summed E-state index contributed by atoms with van der Waals surface area (Å²) in [5, 5.41) is 1.01. The van der Waals surface area contributed by atoms with Gasteiger partial charge in [-0.1, -0.05) is 0 Å². The largest absolute Gasteiger partial charge is 0.379 e. The third-order valence-corrected chi connectivity index (χ3v) is 5.89. The van der Waals surface area contributed by atoms with Gasteiger partial charge >= 0.3 is 0 Å². The van der Waals surface area contributed by atoms with Crippen LogP contribution >= 0.6 is 11.3 Å². The molecule has 0 aliphatic carbocycles. The molecule has 0 N–H and O–H groups in total. The fourth-order valence-corrected chi connectivity index (χ4v) is 4.48. The standard InChI is InChI=1S/C19H27N3O2S/c1-14-15(2)25-19(21-7-5-6-8-21)17(14)18(23)22-9-10-24-13-16(12-22)11-20(3)4/h5-8,16H,9-13H2,1-4H3. The van der Waals surface area contributed by atoms with Crippen LogP contribution in [0.3, 0.4) is 0 Å². The van der Waals surface area contributed by atoms with Gasteiger partial charge in [0, 0.05) is 42.8 Å². The van der Waals surface area contributed by atoms with Crippen LogP contribution in [0.4, 0.5) is 0 Å². The molecule has 1 amide bonds. The van der Waals surface area contributed by atoms with Crippen molar-refractivity contribution in [2.24, 2.45) is 5.92 Å². The van der Waals surface area contributed by atoms with Crippen LogP contribution in [0.1, 0.15) is 20.8 Å². The molecular formula is C19H27N3O2S. The number of thiophene rings is 1. The summed E-state index contributed by atoms with van der Waals surface area (Å²) in [6.07, 6.45) is 4.00.